The number of nitrogens with zero attached hydrogens (tertiary/aromatic N) is 2. The van der Waals surface area contributed by atoms with E-state index >= 15 is 0 Å². The van der Waals surface area contributed by atoms with E-state index in [4.69, 9.17) is 5.73 Å². The molecule has 0 spiro atoms. The molecule has 0 fully saturated rings. The Bertz CT molecular complexity index is 1120. The quantitative estimate of drug-likeness (QED) is 0.483. The van der Waals surface area contributed by atoms with Crippen LogP contribution in [0.15, 0.2) is 48.5 Å². The van der Waals surface area contributed by atoms with Crippen LogP contribution < -0.4 is 16.0 Å². The van der Waals surface area contributed by atoms with E-state index in [9.17, 15) is 19.4 Å². The molecule has 0 radical (unpaired) electrons. The fraction of sp³-hybridized carbons (Fsp3) is 0.217. The number of benzene rings is 2. The smallest absolute Gasteiger partial charge is 0.248 e. The van der Waals surface area contributed by atoms with Gasteiger partial charge in [-0.1, -0.05) is 12.1 Å². The van der Waals surface area contributed by atoms with Crippen molar-refractivity contribution >= 4 is 23.1 Å². The molecule has 3 aromatic rings. The molecular formula is C23H25FN4O3. The zero-order valence-corrected chi connectivity index (χ0v) is 17.6. The number of halogens is 1. The molecule has 1 atom stereocenters. The van der Waals surface area contributed by atoms with Gasteiger partial charge in [-0.15, -0.1) is 0 Å². The third-order valence-corrected chi connectivity index (χ3v) is 4.95. The summed E-state index contributed by atoms with van der Waals surface area (Å²) in [7, 11) is 1.74. The van der Waals surface area contributed by atoms with Crippen LogP contribution in [0.2, 0.25) is 0 Å². The molecule has 1 amide bonds. The Hall–Kier alpha value is -3.65. The van der Waals surface area contributed by atoms with Crippen molar-refractivity contribution in [2.75, 3.05) is 17.7 Å². The molecule has 0 aliphatic carbocycles. The maximum atomic E-state index is 14.4. The third kappa shape index (κ3) is 4.92. The molecule has 0 aliphatic heterocycles. The van der Waals surface area contributed by atoms with Crippen LogP contribution in [0.25, 0.3) is 11.3 Å². The van der Waals surface area contributed by atoms with Crippen molar-refractivity contribution in [1.29, 1.82) is 0 Å². The zero-order valence-electron chi connectivity index (χ0n) is 17.6. The highest BCUT2D eigenvalue weighted by atomic mass is 19.1. The molecule has 0 saturated carbocycles. The lowest BCUT2D eigenvalue weighted by molar-refractivity contribution is -0.128. The Morgan fingerprint density at radius 2 is 1.97 bits per heavy atom. The number of phenolic OH excluding ortho intramolecular Hbond substituents is 1. The second-order valence-corrected chi connectivity index (χ2v) is 7.35. The number of nitrogen functional groups attached to an aromatic ring is 1. The van der Waals surface area contributed by atoms with Gasteiger partial charge in [0.15, 0.2) is 0 Å². The lowest BCUT2D eigenvalue weighted by atomic mass is 10.1. The van der Waals surface area contributed by atoms with Crippen LogP contribution in [0.5, 0.6) is 5.75 Å². The number of hydrogen-bond donors (Lipinski definition) is 4. The summed E-state index contributed by atoms with van der Waals surface area (Å²) in [5, 5.41) is 22.2. The molecule has 5 N–H and O–H groups in total. The molecular weight excluding hydrogens is 399 g/mol. The van der Waals surface area contributed by atoms with Crippen molar-refractivity contribution in [1.82, 2.24) is 10.3 Å². The first-order valence-corrected chi connectivity index (χ1v) is 9.72. The van der Waals surface area contributed by atoms with Crippen molar-refractivity contribution in [3.8, 4) is 17.0 Å². The number of amides is 1. The first kappa shape index (κ1) is 22.0. The van der Waals surface area contributed by atoms with Crippen LogP contribution >= 0.6 is 0 Å². The summed E-state index contributed by atoms with van der Waals surface area (Å²) >= 11 is 0. The molecule has 7 nitrogen and oxygen atoms in total. The zero-order chi connectivity index (χ0) is 22.7. The van der Waals surface area contributed by atoms with Crippen LogP contribution in [0.3, 0.4) is 0 Å². The van der Waals surface area contributed by atoms with E-state index in [1.165, 1.54) is 19.1 Å². The summed E-state index contributed by atoms with van der Waals surface area (Å²) in [6.45, 7) is 3.31. The van der Waals surface area contributed by atoms with Crippen molar-refractivity contribution in [3.63, 3.8) is 0 Å². The van der Waals surface area contributed by atoms with Crippen molar-refractivity contribution in [2.45, 2.75) is 26.5 Å². The highest BCUT2D eigenvalue weighted by molar-refractivity contribution is 5.80. The van der Waals surface area contributed by atoms with Gasteiger partial charge >= 0.3 is 0 Å². The van der Waals surface area contributed by atoms with Gasteiger partial charge in [0.1, 0.15) is 23.5 Å². The van der Waals surface area contributed by atoms with E-state index in [1.54, 1.807) is 42.3 Å². The third-order valence-electron chi connectivity index (χ3n) is 4.95. The van der Waals surface area contributed by atoms with E-state index in [0.29, 0.717) is 28.2 Å². The van der Waals surface area contributed by atoms with Gasteiger partial charge in [-0.2, -0.15) is 0 Å². The molecule has 8 heteroatoms. The SMILES string of the molecule is Cc1ccc(N(C)c2ccc(O)c(-c3ccc(CNC(=O)[C@H](C)O)c(N)n3)c2)c(F)c1. The molecule has 0 aliphatic rings. The number of aliphatic hydroxyl groups excluding tert-OH is 1. The van der Waals surface area contributed by atoms with E-state index in [-0.39, 0.29) is 23.9 Å². The highest BCUT2D eigenvalue weighted by Gasteiger charge is 2.15. The van der Waals surface area contributed by atoms with Crippen LogP contribution in [-0.2, 0) is 11.3 Å². The van der Waals surface area contributed by atoms with Gasteiger partial charge in [-0.25, -0.2) is 9.37 Å². The Labute approximate surface area is 180 Å². The Morgan fingerprint density at radius 3 is 2.61 bits per heavy atom. The van der Waals surface area contributed by atoms with Crippen molar-refractivity contribution in [2.24, 2.45) is 0 Å². The predicted molar refractivity (Wildman–Crippen MR) is 118 cm³/mol. The minimum atomic E-state index is -1.12. The number of phenols is 1. The highest BCUT2D eigenvalue weighted by Crippen LogP contribution is 2.35. The van der Waals surface area contributed by atoms with Crippen LogP contribution in [0.4, 0.5) is 21.6 Å². The molecule has 31 heavy (non-hydrogen) atoms. The average molecular weight is 424 g/mol. The molecule has 0 bridgehead atoms. The number of hydrogen-bond acceptors (Lipinski definition) is 6. The lowest BCUT2D eigenvalue weighted by Gasteiger charge is -2.21. The molecule has 0 saturated heterocycles. The summed E-state index contributed by atoms with van der Waals surface area (Å²) < 4.78 is 14.4. The van der Waals surface area contributed by atoms with Gasteiger partial charge in [0.25, 0.3) is 0 Å². The summed E-state index contributed by atoms with van der Waals surface area (Å²) in [5.41, 5.74) is 9.35. The number of carbonyl (C=O) groups is 1. The summed E-state index contributed by atoms with van der Waals surface area (Å²) in [5.74, 6) is -0.669. The number of rotatable bonds is 6. The number of pyridine rings is 1. The number of carbonyl (C=O) groups excluding carboxylic acids is 1. The minimum Gasteiger partial charge on any atom is -0.507 e. The standard InChI is InChI=1S/C23H25FN4O3/c1-13-4-8-20(18(24)10-13)28(3)16-6-9-21(30)17(11-16)19-7-5-15(22(25)27-19)12-26-23(31)14(2)29/h4-11,14,29-30H,12H2,1-3H3,(H2,25,27)(H,26,31)/t14-/m0/s1. The second-order valence-electron chi connectivity index (χ2n) is 7.35. The monoisotopic (exact) mass is 424 g/mol. The van der Waals surface area contributed by atoms with E-state index in [2.05, 4.69) is 10.3 Å². The Morgan fingerprint density at radius 1 is 1.23 bits per heavy atom. The van der Waals surface area contributed by atoms with Crippen LogP contribution in [0, 0.1) is 12.7 Å². The van der Waals surface area contributed by atoms with Gasteiger partial charge in [0.2, 0.25) is 5.91 Å². The summed E-state index contributed by atoms with van der Waals surface area (Å²) in [6, 6.07) is 13.2. The van der Waals surface area contributed by atoms with Gasteiger partial charge < -0.3 is 26.2 Å². The lowest BCUT2D eigenvalue weighted by Crippen LogP contribution is -2.32. The van der Waals surface area contributed by atoms with Crippen molar-refractivity contribution < 1.29 is 19.4 Å². The molecule has 0 unspecified atom stereocenters. The molecule has 1 heterocycles. The number of aromatic hydroxyl groups is 1. The molecule has 3 rings (SSSR count). The number of aromatic nitrogens is 1. The van der Waals surface area contributed by atoms with Gasteiger partial charge in [0.05, 0.1) is 11.4 Å². The fourth-order valence-corrected chi connectivity index (χ4v) is 3.09. The van der Waals surface area contributed by atoms with Crippen molar-refractivity contribution in [3.05, 3.63) is 65.5 Å². The number of anilines is 3. The fourth-order valence-electron chi connectivity index (χ4n) is 3.09. The maximum Gasteiger partial charge on any atom is 0.248 e. The number of nitrogens with one attached hydrogen (secondary N) is 1. The average Bonchev–Trinajstić information content (AvgIpc) is 2.72. The van der Waals surface area contributed by atoms with E-state index in [1.807, 2.05) is 13.0 Å². The maximum absolute atomic E-state index is 14.4. The summed E-state index contributed by atoms with van der Waals surface area (Å²) in [4.78, 5) is 17.6. The largest absolute Gasteiger partial charge is 0.507 e. The predicted octanol–water partition coefficient (Wildman–Crippen LogP) is 3.25. The number of aliphatic hydroxyl groups is 1. The molecule has 2 aromatic carbocycles. The molecule has 1 aromatic heterocycles. The van der Waals surface area contributed by atoms with Crippen LogP contribution in [-0.4, -0.2) is 34.3 Å². The number of nitrogens with two attached hydrogens (primary N) is 1. The summed E-state index contributed by atoms with van der Waals surface area (Å²) in [6.07, 6.45) is -1.12. The van der Waals surface area contributed by atoms with E-state index < -0.39 is 12.0 Å². The normalized spacial score (nSPS) is 11.8. The Kier molecular flexibility index (Phi) is 6.41. The molecule has 162 valence electrons. The Balaban J connectivity index is 1.89. The van der Waals surface area contributed by atoms with E-state index in [0.717, 1.165) is 5.56 Å². The second kappa shape index (κ2) is 9.01. The van der Waals surface area contributed by atoms with Gasteiger partial charge in [-0.05, 0) is 55.8 Å². The number of aryl methyl sites for hydroxylation is 1. The topological polar surface area (TPSA) is 112 Å². The first-order chi connectivity index (χ1) is 14.7. The van der Waals surface area contributed by atoms with Crippen LogP contribution in [0.1, 0.15) is 18.1 Å². The van der Waals surface area contributed by atoms with Gasteiger partial charge in [-0.3, -0.25) is 4.79 Å². The first-order valence-electron chi connectivity index (χ1n) is 9.72. The van der Waals surface area contributed by atoms with Gasteiger partial charge in [0, 0.05) is 30.4 Å². The minimum absolute atomic E-state index is 0.00332.